The number of piperazine rings is 1. The van der Waals surface area contributed by atoms with Crippen molar-refractivity contribution in [3.63, 3.8) is 0 Å². The van der Waals surface area contributed by atoms with Gasteiger partial charge in [-0.2, -0.15) is 11.8 Å². The van der Waals surface area contributed by atoms with E-state index >= 15 is 0 Å². The van der Waals surface area contributed by atoms with E-state index in [4.69, 9.17) is 5.11 Å². The predicted molar refractivity (Wildman–Crippen MR) is 68.1 cm³/mol. The molecule has 1 unspecified atom stereocenters. The van der Waals surface area contributed by atoms with E-state index < -0.39 is 5.97 Å². The summed E-state index contributed by atoms with van der Waals surface area (Å²) in [5, 5.41) is 8.73. The lowest BCUT2D eigenvalue weighted by Crippen LogP contribution is -2.45. The Morgan fingerprint density at radius 3 is 2.56 bits per heavy atom. The molecule has 1 saturated heterocycles. The summed E-state index contributed by atoms with van der Waals surface area (Å²) in [6, 6.07) is 0. The fourth-order valence-electron chi connectivity index (χ4n) is 1.60. The van der Waals surface area contributed by atoms with Crippen molar-refractivity contribution in [3.8, 4) is 0 Å². The number of likely N-dealkylation sites (N-methyl/N-ethyl adjacent to an activating group) is 1. The first-order valence-corrected chi connectivity index (χ1v) is 6.96. The highest BCUT2D eigenvalue weighted by Crippen LogP contribution is 2.09. The van der Waals surface area contributed by atoms with Crippen LogP contribution in [0.2, 0.25) is 0 Å². The van der Waals surface area contributed by atoms with Gasteiger partial charge in [0.15, 0.2) is 0 Å². The Bertz CT molecular complexity index is 218. The monoisotopic (exact) mass is 246 g/mol. The third kappa shape index (κ3) is 5.18. The van der Waals surface area contributed by atoms with E-state index in [-0.39, 0.29) is 5.92 Å². The zero-order valence-electron chi connectivity index (χ0n) is 10.2. The molecule has 1 N–H and O–H groups in total. The second kappa shape index (κ2) is 7.14. The van der Waals surface area contributed by atoms with Gasteiger partial charge in [0.2, 0.25) is 0 Å². The summed E-state index contributed by atoms with van der Waals surface area (Å²) in [5.74, 6) is 0.856. The Hall–Kier alpha value is -0.260. The van der Waals surface area contributed by atoms with E-state index in [0.717, 1.165) is 44.2 Å². The van der Waals surface area contributed by atoms with Crippen LogP contribution in [-0.2, 0) is 4.79 Å². The van der Waals surface area contributed by atoms with E-state index in [9.17, 15) is 4.79 Å². The molecule has 0 saturated carbocycles. The summed E-state index contributed by atoms with van der Waals surface area (Å²) < 4.78 is 0. The average molecular weight is 246 g/mol. The molecular weight excluding hydrogens is 224 g/mol. The van der Waals surface area contributed by atoms with Crippen LogP contribution in [0, 0.1) is 5.92 Å². The van der Waals surface area contributed by atoms with Crippen molar-refractivity contribution < 1.29 is 9.90 Å². The molecule has 94 valence electrons. The minimum Gasteiger partial charge on any atom is -0.481 e. The molecule has 4 nitrogen and oxygen atoms in total. The van der Waals surface area contributed by atoms with Crippen LogP contribution >= 0.6 is 11.8 Å². The molecule has 0 bridgehead atoms. The van der Waals surface area contributed by atoms with Gasteiger partial charge in [-0.15, -0.1) is 0 Å². The minimum absolute atomic E-state index is 0.225. The number of aliphatic carboxylic acids is 1. The second-order valence-electron chi connectivity index (χ2n) is 4.46. The van der Waals surface area contributed by atoms with E-state index in [0.29, 0.717) is 0 Å². The van der Waals surface area contributed by atoms with Gasteiger partial charge in [0, 0.05) is 44.2 Å². The maximum absolute atomic E-state index is 10.6. The third-order valence-corrected chi connectivity index (χ3v) is 4.14. The van der Waals surface area contributed by atoms with Crippen LogP contribution in [0.1, 0.15) is 6.92 Å². The number of carboxylic acid groups (broad SMARTS) is 1. The summed E-state index contributed by atoms with van der Waals surface area (Å²) in [7, 11) is 2.15. The molecule has 0 aromatic rings. The van der Waals surface area contributed by atoms with Crippen molar-refractivity contribution in [2.75, 3.05) is 51.3 Å². The lowest BCUT2D eigenvalue weighted by molar-refractivity contribution is -0.140. The van der Waals surface area contributed by atoms with Gasteiger partial charge >= 0.3 is 5.97 Å². The van der Waals surface area contributed by atoms with Crippen LogP contribution < -0.4 is 0 Å². The average Bonchev–Trinajstić information content (AvgIpc) is 2.26. The number of hydrogen-bond donors (Lipinski definition) is 1. The first-order valence-electron chi connectivity index (χ1n) is 5.81. The Kier molecular flexibility index (Phi) is 6.16. The number of carbonyl (C=O) groups is 1. The highest BCUT2D eigenvalue weighted by Gasteiger charge is 2.14. The molecule has 0 aliphatic carbocycles. The van der Waals surface area contributed by atoms with E-state index in [2.05, 4.69) is 16.8 Å². The Labute approximate surface area is 102 Å². The third-order valence-electron chi connectivity index (χ3n) is 2.94. The summed E-state index contributed by atoms with van der Waals surface area (Å²) in [6.07, 6.45) is 0. The molecule has 0 radical (unpaired) electrons. The normalized spacial score (nSPS) is 20.9. The van der Waals surface area contributed by atoms with Crippen LogP contribution in [0.3, 0.4) is 0 Å². The van der Waals surface area contributed by atoms with Gasteiger partial charge < -0.3 is 10.0 Å². The lowest BCUT2D eigenvalue weighted by Gasteiger charge is -2.32. The Balaban J connectivity index is 2.01. The van der Waals surface area contributed by atoms with Crippen LogP contribution in [0.4, 0.5) is 0 Å². The molecule has 1 atom stereocenters. The van der Waals surface area contributed by atoms with Crippen LogP contribution in [0.5, 0.6) is 0 Å². The van der Waals surface area contributed by atoms with Crippen molar-refractivity contribution in [1.29, 1.82) is 0 Å². The highest BCUT2D eigenvalue weighted by atomic mass is 32.2. The predicted octanol–water partition coefficient (Wildman–Crippen LogP) is 0.688. The first-order chi connectivity index (χ1) is 7.59. The van der Waals surface area contributed by atoms with Crippen molar-refractivity contribution >= 4 is 17.7 Å². The van der Waals surface area contributed by atoms with Crippen molar-refractivity contribution in [2.45, 2.75) is 6.92 Å². The highest BCUT2D eigenvalue weighted by molar-refractivity contribution is 7.99. The molecule has 1 aliphatic rings. The molecule has 0 aromatic carbocycles. The molecule has 0 spiro atoms. The van der Waals surface area contributed by atoms with Crippen molar-refractivity contribution in [1.82, 2.24) is 9.80 Å². The number of rotatable bonds is 6. The lowest BCUT2D eigenvalue weighted by atomic mass is 10.2. The van der Waals surface area contributed by atoms with Crippen molar-refractivity contribution in [3.05, 3.63) is 0 Å². The molecule has 1 aliphatic heterocycles. The quantitative estimate of drug-likeness (QED) is 0.699. The summed E-state index contributed by atoms with van der Waals surface area (Å²) in [5.41, 5.74) is 0. The Morgan fingerprint density at radius 1 is 1.38 bits per heavy atom. The minimum atomic E-state index is -0.688. The molecular formula is C11H22N2O2S. The van der Waals surface area contributed by atoms with E-state index in [1.54, 1.807) is 18.7 Å². The second-order valence-corrected chi connectivity index (χ2v) is 5.61. The van der Waals surface area contributed by atoms with Crippen LogP contribution in [-0.4, -0.2) is 72.2 Å². The van der Waals surface area contributed by atoms with Crippen LogP contribution in [0.25, 0.3) is 0 Å². The summed E-state index contributed by atoms with van der Waals surface area (Å²) in [6.45, 7) is 7.44. The van der Waals surface area contributed by atoms with Gasteiger partial charge in [-0.05, 0) is 7.05 Å². The standard InChI is InChI=1S/C11H22N2O2S/c1-10(11(14)15)9-16-8-7-13-5-3-12(2)4-6-13/h10H,3-9H2,1-2H3,(H,14,15). The molecule has 0 amide bonds. The summed E-state index contributed by atoms with van der Waals surface area (Å²) >= 11 is 1.75. The molecule has 1 fully saturated rings. The molecule has 5 heteroatoms. The number of thioether (sulfide) groups is 1. The summed E-state index contributed by atoms with van der Waals surface area (Å²) in [4.78, 5) is 15.4. The van der Waals surface area contributed by atoms with Gasteiger partial charge in [-0.1, -0.05) is 6.92 Å². The van der Waals surface area contributed by atoms with Gasteiger partial charge in [0.1, 0.15) is 0 Å². The first kappa shape index (κ1) is 13.8. The zero-order valence-corrected chi connectivity index (χ0v) is 11.0. The van der Waals surface area contributed by atoms with Gasteiger partial charge in [0.05, 0.1) is 5.92 Å². The van der Waals surface area contributed by atoms with Gasteiger partial charge in [0.25, 0.3) is 0 Å². The SMILES string of the molecule is CC(CSCCN1CCN(C)CC1)C(=O)O. The fourth-order valence-corrected chi connectivity index (χ4v) is 2.65. The Morgan fingerprint density at radius 2 is 2.00 bits per heavy atom. The maximum Gasteiger partial charge on any atom is 0.307 e. The molecule has 1 rings (SSSR count). The zero-order chi connectivity index (χ0) is 12.0. The number of hydrogen-bond acceptors (Lipinski definition) is 4. The van der Waals surface area contributed by atoms with E-state index in [1.165, 1.54) is 0 Å². The fraction of sp³-hybridized carbons (Fsp3) is 0.909. The van der Waals surface area contributed by atoms with Gasteiger partial charge in [-0.3, -0.25) is 9.69 Å². The number of carboxylic acids is 1. The number of nitrogens with zero attached hydrogens (tertiary/aromatic N) is 2. The van der Waals surface area contributed by atoms with Crippen LogP contribution in [0.15, 0.2) is 0 Å². The smallest absolute Gasteiger partial charge is 0.307 e. The van der Waals surface area contributed by atoms with Crippen molar-refractivity contribution in [2.24, 2.45) is 5.92 Å². The maximum atomic E-state index is 10.6. The largest absolute Gasteiger partial charge is 0.481 e. The molecule has 0 aromatic heterocycles. The molecule has 16 heavy (non-hydrogen) atoms. The van der Waals surface area contributed by atoms with E-state index in [1.807, 2.05) is 0 Å². The topological polar surface area (TPSA) is 43.8 Å². The molecule has 1 heterocycles. The van der Waals surface area contributed by atoms with Gasteiger partial charge in [-0.25, -0.2) is 0 Å².